The van der Waals surface area contributed by atoms with E-state index in [-0.39, 0.29) is 17.4 Å². The Morgan fingerprint density at radius 2 is 1.73 bits per heavy atom. The number of anilines is 1. The minimum Gasteiger partial charge on any atom is -0.381 e. The van der Waals surface area contributed by atoms with E-state index in [9.17, 15) is 9.59 Å². The molecular formula is C23H30N4O3. The second-order valence-electron chi connectivity index (χ2n) is 8.80. The topological polar surface area (TPSA) is 67.7 Å². The van der Waals surface area contributed by atoms with Gasteiger partial charge in [0.25, 0.3) is 5.56 Å². The molecule has 1 amide bonds. The number of carbonyl (C=O) groups excluding carboxylic acids is 1. The van der Waals surface area contributed by atoms with Gasteiger partial charge in [-0.3, -0.25) is 14.2 Å². The molecule has 0 atom stereocenters. The van der Waals surface area contributed by atoms with Gasteiger partial charge in [0.05, 0.1) is 17.2 Å². The van der Waals surface area contributed by atoms with E-state index in [4.69, 9.17) is 4.74 Å². The van der Waals surface area contributed by atoms with Gasteiger partial charge in [-0.1, -0.05) is 12.8 Å². The van der Waals surface area contributed by atoms with Crippen molar-refractivity contribution in [3.05, 3.63) is 34.9 Å². The second kappa shape index (κ2) is 8.38. The quantitative estimate of drug-likeness (QED) is 0.778. The molecule has 3 fully saturated rings. The molecule has 2 aromatic rings. The molecule has 30 heavy (non-hydrogen) atoms. The van der Waals surface area contributed by atoms with E-state index in [1.807, 2.05) is 27.7 Å². The summed E-state index contributed by atoms with van der Waals surface area (Å²) < 4.78 is 7.21. The summed E-state index contributed by atoms with van der Waals surface area (Å²) in [5, 5.41) is 0.696. The lowest BCUT2D eigenvalue weighted by atomic mass is 9.98. The number of carbonyl (C=O) groups is 1. The first kappa shape index (κ1) is 19.5. The van der Waals surface area contributed by atoms with Gasteiger partial charge in [0.1, 0.15) is 0 Å². The van der Waals surface area contributed by atoms with Crippen LogP contribution in [-0.4, -0.2) is 59.8 Å². The molecule has 1 aromatic heterocycles. The molecular weight excluding hydrogens is 380 g/mol. The lowest BCUT2D eigenvalue weighted by molar-refractivity contribution is -0.138. The molecule has 160 valence electrons. The van der Waals surface area contributed by atoms with Crippen molar-refractivity contribution < 1.29 is 9.53 Å². The predicted molar refractivity (Wildman–Crippen MR) is 116 cm³/mol. The highest BCUT2D eigenvalue weighted by atomic mass is 16.5. The highest BCUT2D eigenvalue weighted by Crippen LogP contribution is 2.29. The Labute approximate surface area is 176 Å². The molecule has 0 N–H and O–H groups in total. The molecule has 0 bridgehead atoms. The molecule has 0 unspecified atom stereocenters. The standard InChI is InChI=1S/C23H30N4O3/c28-22(17-7-13-30-14-8-17)26-11-9-25(10-12-26)19-5-6-20-21(15-19)24-16-27(23(20)29)18-3-1-2-4-18/h5-6,15-18H,1-4,7-14H2. The summed E-state index contributed by atoms with van der Waals surface area (Å²) in [6, 6.07) is 6.27. The average molecular weight is 411 g/mol. The van der Waals surface area contributed by atoms with Gasteiger partial charge >= 0.3 is 0 Å². The molecule has 7 nitrogen and oxygen atoms in total. The van der Waals surface area contributed by atoms with Crippen molar-refractivity contribution in [1.29, 1.82) is 0 Å². The van der Waals surface area contributed by atoms with Crippen LogP contribution in [0.5, 0.6) is 0 Å². The number of amides is 1. The van der Waals surface area contributed by atoms with Crippen molar-refractivity contribution in [3.8, 4) is 0 Å². The predicted octanol–water partition coefficient (Wildman–Crippen LogP) is 2.59. The Bertz CT molecular complexity index is 968. The number of piperazine rings is 1. The summed E-state index contributed by atoms with van der Waals surface area (Å²) in [7, 11) is 0. The van der Waals surface area contributed by atoms with Crippen LogP contribution in [0.4, 0.5) is 5.69 Å². The van der Waals surface area contributed by atoms with E-state index < -0.39 is 0 Å². The third-order valence-electron chi connectivity index (χ3n) is 7.01. The van der Waals surface area contributed by atoms with Crippen molar-refractivity contribution in [3.63, 3.8) is 0 Å². The van der Waals surface area contributed by atoms with E-state index in [2.05, 4.69) is 9.88 Å². The second-order valence-corrected chi connectivity index (χ2v) is 8.80. The Morgan fingerprint density at radius 3 is 2.47 bits per heavy atom. The number of fused-ring (bicyclic) bond motifs is 1. The fraction of sp³-hybridized carbons (Fsp3) is 0.609. The van der Waals surface area contributed by atoms with Crippen LogP contribution in [0.2, 0.25) is 0 Å². The summed E-state index contributed by atoms with van der Waals surface area (Å²) in [5.41, 5.74) is 1.91. The lowest BCUT2D eigenvalue weighted by Gasteiger charge is -2.38. The molecule has 0 radical (unpaired) electrons. The molecule has 0 spiro atoms. The first-order valence-electron chi connectivity index (χ1n) is 11.3. The SMILES string of the molecule is O=C(C1CCOCC1)N1CCN(c2ccc3c(=O)n(C4CCCC4)cnc3c2)CC1. The summed E-state index contributed by atoms with van der Waals surface area (Å²) in [5.74, 6) is 0.405. The maximum atomic E-state index is 12.9. The molecule has 2 aliphatic heterocycles. The molecule has 3 aliphatic rings. The maximum absolute atomic E-state index is 12.9. The van der Waals surface area contributed by atoms with Gasteiger partial charge in [0.2, 0.25) is 5.91 Å². The molecule has 2 saturated heterocycles. The first-order valence-corrected chi connectivity index (χ1v) is 11.3. The van der Waals surface area contributed by atoms with Gasteiger partial charge in [0.15, 0.2) is 0 Å². The van der Waals surface area contributed by atoms with Gasteiger partial charge in [0, 0.05) is 57.0 Å². The molecule has 1 aliphatic carbocycles. The number of benzene rings is 1. The smallest absolute Gasteiger partial charge is 0.261 e. The van der Waals surface area contributed by atoms with Crippen molar-refractivity contribution in [2.24, 2.45) is 5.92 Å². The van der Waals surface area contributed by atoms with Crippen LogP contribution in [0, 0.1) is 5.92 Å². The number of nitrogens with zero attached hydrogens (tertiary/aromatic N) is 4. The van der Waals surface area contributed by atoms with E-state index >= 15 is 0 Å². The zero-order chi connectivity index (χ0) is 20.5. The summed E-state index contributed by atoms with van der Waals surface area (Å²) >= 11 is 0. The summed E-state index contributed by atoms with van der Waals surface area (Å²) in [4.78, 5) is 34.6. The normalized spacial score (nSPS) is 21.5. The van der Waals surface area contributed by atoms with Crippen LogP contribution in [0.3, 0.4) is 0 Å². The van der Waals surface area contributed by atoms with Crippen LogP contribution in [0.25, 0.3) is 10.9 Å². The fourth-order valence-electron chi connectivity index (χ4n) is 5.15. The monoisotopic (exact) mass is 410 g/mol. The third kappa shape index (κ3) is 3.71. The molecule has 7 heteroatoms. The zero-order valence-corrected chi connectivity index (χ0v) is 17.5. The number of ether oxygens (including phenoxy) is 1. The Hall–Kier alpha value is -2.41. The summed E-state index contributed by atoms with van der Waals surface area (Å²) in [6.07, 6.45) is 7.94. The zero-order valence-electron chi connectivity index (χ0n) is 17.5. The van der Waals surface area contributed by atoms with Crippen LogP contribution in [0.1, 0.15) is 44.6 Å². The minimum atomic E-state index is 0.0744. The molecule has 5 rings (SSSR count). The number of hydrogen-bond acceptors (Lipinski definition) is 5. The van der Waals surface area contributed by atoms with Gasteiger partial charge < -0.3 is 14.5 Å². The average Bonchev–Trinajstić information content (AvgIpc) is 3.34. The van der Waals surface area contributed by atoms with Crippen molar-refractivity contribution >= 4 is 22.5 Å². The van der Waals surface area contributed by atoms with Gasteiger partial charge in [-0.2, -0.15) is 0 Å². The Kier molecular flexibility index (Phi) is 5.46. The molecule has 3 heterocycles. The fourth-order valence-corrected chi connectivity index (χ4v) is 5.15. The van der Waals surface area contributed by atoms with E-state index in [1.54, 1.807) is 6.33 Å². The first-order chi connectivity index (χ1) is 14.7. The van der Waals surface area contributed by atoms with Crippen LogP contribution >= 0.6 is 0 Å². The van der Waals surface area contributed by atoms with Gasteiger partial charge in [-0.15, -0.1) is 0 Å². The van der Waals surface area contributed by atoms with Crippen LogP contribution < -0.4 is 10.5 Å². The van der Waals surface area contributed by atoms with Crippen molar-refractivity contribution in [1.82, 2.24) is 14.5 Å². The van der Waals surface area contributed by atoms with Gasteiger partial charge in [-0.25, -0.2) is 4.98 Å². The van der Waals surface area contributed by atoms with Crippen molar-refractivity contribution in [2.45, 2.75) is 44.6 Å². The van der Waals surface area contributed by atoms with Crippen LogP contribution in [-0.2, 0) is 9.53 Å². The Balaban J connectivity index is 1.28. The highest BCUT2D eigenvalue weighted by molar-refractivity contribution is 5.82. The number of aromatic nitrogens is 2. The molecule has 1 aromatic carbocycles. The van der Waals surface area contributed by atoms with E-state index in [1.165, 1.54) is 12.8 Å². The minimum absolute atomic E-state index is 0.0744. The van der Waals surface area contributed by atoms with E-state index in [0.717, 1.165) is 63.1 Å². The number of rotatable bonds is 3. The largest absolute Gasteiger partial charge is 0.381 e. The highest BCUT2D eigenvalue weighted by Gasteiger charge is 2.29. The summed E-state index contributed by atoms with van der Waals surface area (Å²) in [6.45, 7) is 4.49. The van der Waals surface area contributed by atoms with E-state index in [0.29, 0.717) is 24.6 Å². The number of hydrogen-bond donors (Lipinski definition) is 0. The molecule has 1 saturated carbocycles. The lowest BCUT2D eigenvalue weighted by Crippen LogP contribution is -2.51. The Morgan fingerprint density at radius 1 is 1.00 bits per heavy atom. The van der Waals surface area contributed by atoms with Crippen LogP contribution in [0.15, 0.2) is 29.3 Å². The third-order valence-corrected chi connectivity index (χ3v) is 7.01. The van der Waals surface area contributed by atoms with Crippen molar-refractivity contribution in [2.75, 3.05) is 44.3 Å². The van der Waals surface area contributed by atoms with Gasteiger partial charge in [-0.05, 0) is 43.9 Å². The maximum Gasteiger partial charge on any atom is 0.261 e.